The summed E-state index contributed by atoms with van der Waals surface area (Å²) >= 11 is 0. The molecule has 0 heterocycles. The van der Waals surface area contributed by atoms with Gasteiger partial charge in [-0.25, -0.2) is 13.6 Å². The second kappa shape index (κ2) is 6.11. The third-order valence-corrected chi connectivity index (χ3v) is 3.82. The zero-order valence-electron chi connectivity index (χ0n) is 12.7. The maximum Gasteiger partial charge on any atom is 0.238 e. The highest BCUT2D eigenvalue weighted by molar-refractivity contribution is 7.89. The number of nitrogens with two attached hydrogens (primary N) is 1. The van der Waals surface area contributed by atoms with Crippen LogP contribution in [0.3, 0.4) is 0 Å². The van der Waals surface area contributed by atoms with Crippen LogP contribution in [0.5, 0.6) is 5.75 Å². The lowest BCUT2D eigenvalue weighted by Gasteiger charge is -2.19. The molecule has 0 aliphatic rings. The van der Waals surface area contributed by atoms with E-state index in [0.717, 1.165) is 0 Å². The van der Waals surface area contributed by atoms with Gasteiger partial charge in [0.2, 0.25) is 10.0 Å². The number of aryl methyl sites for hydroxylation is 2. The topological polar surface area (TPSA) is 78.6 Å². The smallest absolute Gasteiger partial charge is 0.238 e. The Morgan fingerprint density at radius 3 is 2.00 bits per heavy atom. The lowest BCUT2D eigenvalue weighted by Crippen LogP contribution is -2.22. The minimum Gasteiger partial charge on any atom is -0.491 e. The van der Waals surface area contributed by atoms with Crippen molar-refractivity contribution >= 4 is 10.0 Å². The first-order chi connectivity index (χ1) is 9.00. The van der Waals surface area contributed by atoms with Crippen LogP contribution in [0.15, 0.2) is 17.0 Å². The summed E-state index contributed by atoms with van der Waals surface area (Å²) in [6, 6.07) is 3.34. The molecule has 0 spiro atoms. The Morgan fingerprint density at radius 1 is 1.10 bits per heavy atom. The Kier molecular flexibility index (Phi) is 5.18. The predicted molar refractivity (Wildman–Crippen MR) is 78.5 cm³/mol. The van der Waals surface area contributed by atoms with Crippen LogP contribution in [0.25, 0.3) is 0 Å². The molecule has 5 nitrogen and oxygen atoms in total. The Labute approximate surface area is 121 Å². The van der Waals surface area contributed by atoms with Gasteiger partial charge in [-0.05, 0) is 57.9 Å². The van der Waals surface area contributed by atoms with E-state index in [9.17, 15) is 8.42 Å². The van der Waals surface area contributed by atoms with E-state index in [1.54, 1.807) is 26.0 Å². The first kappa shape index (κ1) is 16.9. The second-order valence-corrected chi connectivity index (χ2v) is 7.24. The van der Waals surface area contributed by atoms with Crippen molar-refractivity contribution in [2.45, 2.75) is 45.1 Å². The fourth-order valence-corrected chi connectivity index (χ4v) is 2.97. The van der Waals surface area contributed by atoms with Crippen molar-refractivity contribution in [1.29, 1.82) is 0 Å². The molecule has 0 unspecified atom stereocenters. The van der Waals surface area contributed by atoms with Crippen molar-refractivity contribution in [2.75, 3.05) is 13.2 Å². The van der Waals surface area contributed by atoms with Crippen LogP contribution in [-0.4, -0.2) is 27.2 Å². The standard InChI is InChI=1S/C14H23NO4S/c1-10-8-12(18-6-7-19-14(3,4)5)9-11(2)13(10)20(15,16)17/h8-9H,6-7H2,1-5H3,(H2,15,16,17). The summed E-state index contributed by atoms with van der Waals surface area (Å²) < 4.78 is 34.1. The Morgan fingerprint density at radius 2 is 1.60 bits per heavy atom. The molecule has 0 bridgehead atoms. The van der Waals surface area contributed by atoms with Crippen molar-refractivity contribution < 1.29 is 17.9 Å². The molecule has 0 amide bonds. The van der Waals surface area contributed by atoms with Gasteiger partial charge in [0.15, 0.2) is 0 Å². The minimum absolute atomic E-state index is 0.163. The Balaban J connectivity index is 2.76. The number of benzene rings is 1. The molecule has 1 rings (SSSR count). The van der Waals surface area contributed by atoms with Crippen molar-refractivity contribution in [3.8, 4) is 5.75 Å². The molecule has 0 aliphatic carbocycles. The van der Waals surface area contributed by atoms with E-state index >= 15 is 0 Å². The lowest BCUT2D eigenvalue weighted by molar-refractivity contribution is -0.0163. The van der Waals surface area contributed by atoms with Crippen LogP contribution in [0, 0.1) is 13.8 Å². The maximum atomic E-state index is 11.5. The fourth-order valence-electron chi connectivity index (χ4n) is 1.95. The van der Waals surface area contributed by atoms with Crippen molar-refractivity contribution in [1.82, 2.24) is 0 Å². The maximum absolute atomic E-state index is 11.5. The molecule has 0 saturated carbocycles. The van der Waals surface area contributed by atoms with Crippen LogP contribution in [0.2, 0.25) is 0 Å². The van der Waals surface area contributed by atoms with E-state index in [1.807, 2.05) is 20.8 Å². The van der Waals surface area contributed by atoms with Crippen LogP contribution in [-0.2, 0) is 14.8 Å². The average molecular weight is 301 g/mol. The van der Waals surface area contributed by atoms with Crippen molar-refractivity contribution in [3.05, 3.63) is 23.3 Å². The normalized spacial score (nSPS) is 12.5. The van der Waals surface area contributed by atoms with Gasteiger partial charge in [0.05, 0.1) is 17.1 Å². The molecule has 0 fully saturated rings. The van der Waals surface area contributed by atoms with E-state index in [-0.39, 0.29) is 10.5 Å². The van der Waals surface area contributed by atoms with Gasteiger partial charge in [-0.2, -0.15) is 0 Å². The first-order valence-electron chi connectivity index (χ1n) is 6.41. The van der Waals surface area contributed by atoms with Gasteiger partial charge in [-0.3, -0.25) is 0 Å². The third kappa shape index (κ3) is 5.11. The highest BCUT2D eigenvalue weighted by Gasteiger charge is 2.16. The number of sulfonamides is 1. The monoisotopic (exact) mass is 301 g/mol. The molecular weight excluding hydrogens is 278 g/mol. The number of hydrogen-bond acceptors (Lipinski definition) is 4. The Hall–Kier alpha value is -1.11. The highest BCUT2D eigenvalue weighted by atomic mass is 32.2. The third-order valence-electron chi connectivity index (χ3n) is 2.61. The summed E-state index contributed by atoms with van der Waals surface area (Å²) in [5.74, 6) is 0.616. The number of ether oxygens (including phenoxy) is 2. The fraction of sp³-hybridized carbons (Fsp3) is 0.571. The average Bonchev–Trinajstić information content (AvgIpc) is 2.20. The minimum atomic E-state index is -3.71. The van der Waals surface area contributed by atoms with Crippen LogP contribution in [0.1, 0.15) is 31.9 Å². The second-order valence-electron chi connectivity index (χ2n) is 5.74. The summed E-state index contributed by atoms with van der Waals surface area (Å²) in [5, 5.41) is 5.19. The molecule has 0 saturated heterocycles. The van der Waals surface area contributed by atoms with Gasteiger partial charge in [0, 0.05) is 0 Å². The largest absolute Gasteiger partial charge is 0.491 e. The Bertz CT molecular complexity index is 550. The predicted octanol–water partition coefficient (Wildman–Crippen LogP) is 2.14. The number of rotatable bonds is 5. The highest BCUT2D eigenvalue weighted by Crippen LogP contribution is 2.24. The molecule has 0 radical (unpaired) electrons. The number of primary sulfonamides is 1. The van der Waals surface area contributed by atoms with Gasteiger partial charge in [0.25, 0.3) is 0 Å². The first-order valence-corrected chi connectivity index (χ1v) is 7.96. The molecule has 0 aliphatic heterocycles. The molecule has 6 heteroatoms. The zero-order chi connectivity index (χ0) is 15.6. The van der Waals surface area contributed by atoms with Crippen LogP contribution in [0.4, 0.5) is 0 Å². The summed E-state index contributed by atoms with van der Waals surface area (Å²) in [6.45, 7) is 10.2. The van der Waals surface area contributed by atoms with Crippen LogP contribution < -0.4 is 9.88 Å². The molecule has 2 N–H and O–H groups in total. The molecule has 114 valence electrons. The number of hydrogen-bond donors (Lipinski definition) is 1. The van der Waals surface area contributed by atoms with Crippen molar-refractivity contribution in [2.24, 2.45) is 5.14 Å². The molecule has 1 aromatic carbocycles. The van der Waals surface area contributed by atoms with E-state index < -0.39 is 10.0 Å². The van der Waals surface area contributed by atoms with Gasteiger partial charge in [-0.15, -0.1) is 0 Å². The van der Waals surface area contributed by atoms with Gasteiger partial charge >= 0.3 is 0 Å². The van der Waals surface area contributed by atoms with E-state index in [0.29, 0.717) is 30.1 Å². The summed E-state index contributed by atoms with van der Waals surface area (Å²) in [6.07, 6.45) is 0. The van der Waals surface area contributed by atoms with E-state index in [4.69, 9.17) is 14.6 Å². The zero-order valence-corrected chi connectivity index (χ0v) is 13.5. The molecular formula is C14H23NO4S. The van der Waals surface area contributed by atoms with Gasteiger partial charge < -0.3 is 9.47 Å². The van der Waals surface area contributed by atoms with Gasteiger partial charge in [-0.1, -0.05) is 0 Å². The molecule has 20 heavy (non-hydrogen) atoms. The molecule has 0 atom stereocenters. The molecule has 1 aromatic rings. The molecule has 0 aromatic heterocycles. The summed E-state index contributed by atoms with van der Waals surface area (Å²) in [5.41, 5.74) is 0.964. The van der Waals surface area contributed by atoms with Gasteiger partial charge in [0.1, 0.15) is 12.4 Å². The van der Waals surface area contributed by atoms with Crippen LogP contribution >= 0.6 is 0 Å². The lowest BCUT2D eigenvalue weighted by atomic mass is 10.1. The summed E-state index contributed by atoms with van der Waals surface area (Å²) in [7, 11) is -3.71. The summed E-state index contributed by atoms with van der Waals surface area (Å²) in [4.78, 5) is 0.163. The SMILES string of the molecule is Cc1cc(OCCOC(C)(C)C)cc(C)c1S(N)(=O)=O. The van der Waals surface area contributed by atoms with E-state index in [1.165, 1.54) is 0 Å². The van der Waals surface area contributed by atoms with Crippen molar-refractivity contribution in [3.63, 3.8) is 0 Å². The van der Waals surface area contributed by atoms with E-state index in [2.05, 4.69) is 0 Å². The quantitative estimate of drug-likeness (QED) is 0.845.